The lowest BCUT2D eigenvalue weighted by atomic mass is 10.1. The maximum Gasteiger partial charge on any atom is 0.221 e. The second-order valence-electron chi connectivity index (χ2n) is 5.49. The molecule has 0 bridgehead atoms. The predicted octanol–water partition coefficient (Wildman–Crippen LogP) is 4.18. The number of rotatable bonds is 3. The molecule has 0 N–H and O–H groups in total. The van der Waals surface area contributed by atoms with Crippen LogP contribution in [0.4, 0.5) is 4.39 Å². The molecule has 3 rings (SSSR count). The van der Waals surface area contributed by atoms with E-state index in [0.717, 1.165) is 16.9 Å². The highest BCUT2D eigenvalue weighted by molar-refractivity contribution is 5.61. The quantitative estimate of drug-likeness (QED) is 0.727. The molecule has 0 amide bonds. The Morgan fingerprint density at radius 2 is 1.83 bits per heavy atom. The molecule has 3 aromatic rings. The summed E-state index contributed by atoms with van der Waals surface area (Å²) in [5.41, 5.74) is 3.20. The highest BCUT2D eigenvalue weighted by atomic mass is 19.1. The number of methoxy groups -OCH3 is 1. The van der Waals surface area contributed by atoms with Crippen molar-refractivity contribution in [2.75, 3.05) is 7.11 Å². The normalized spacial score (nSPS) is 10.5. The summed E-state index contributed by atoms with van der Waals surface area (Å²) in [5.74, 6) is 0.842. The minimum atomic E-state index is -0.404. The van der Waals surface area contributed by atoms with Gasteiger partial charge in [-0.25, -0.2) is 4.98 Å². The zero-order valence-electron chi connectivity index (χ0n) is 13.7. The Hall–Kier alpha value is -3.13. The van der Waals surface area contributed by atoms with Crippen LogP contribution in [-0.2, 0) is 0 Å². The smallest absolute Gasteiger partial charge is 0.221 e. The third-order valence-corrected chi connectivity index (χ3v) is 3.89. The fraction of sp³-hybridized carbons (Fsp3) is 0.158. The summed E-state index contributed by atoms with van der Waals surface area (Å²) in [6.07, 6.45) is 0. The Labute approximate surface area is 139 Å². The van der Waals surface area contributed by atoms with Crippen molar-refractivity contribution in [3.8, 4) is 28.9 Å². The van der Waals surface area contributed by atoms with Gasteiger partial charge < -0.3 is 4.74 Å². The summed E-state index contributed by atoms with van der Waals surface area (Å²) in [6.45, 7) is 3.54. The molecule has 0 unspecified atom stereocenters. The highest BCUT2D eigenvalue weighted by Gasteiger charge is 2.18. The van der Waals surface area contributed by atoms with Gasteiger partial charge in [0.05, 0.1) is 30.1 Å². The van der Waals surface area contributed by atoms with Gasteiger partial charge in [-0.3, -0.25) is 4.57 Å². The van der Waals surface area contributed by atoms with Crippen LogP contribution in [-0.4, -0.2) is 16.7 Å². The molecule has 1 aromatic heterocycles. The number of aromatic nitrogens is 2. The molecule has 0 aliphatic rings. The highest BCUT2D eigenvalue weighted by Crippen LogP contribution is 2.28. The van der Waals surface area contributed by atoms with Gasteiger partial charge in [-0.2, -0.15) is 9.65 Å². The van der Waals surface area contributed by atoms with E-state index in [1.165, 1.54) is 4.57 Å². The second kappa shape index (κ2) is 6.17. The van der Waals surface area contributed by atoms with Gasteiger partial charge in [-0.05, 0) is 61.9 Å². The SMILES string of the molecule is COc1ccc(-n2c(-c3ccc(C#N)cc3)nc(C)c2F)cc1C. The van der Waals surface area contributed by atoms with Crippen LogP contribution in [0.2, 0.25) is 0 Å². The molecule has 120 valence electrons. The van der Waals surface area contributed by atoms with Crippen LogP contribution >= 0.6 is 0 Å². The Balaban J connectivity index is 2.17. The summed E-state index contributed by atoms with van der Waals surface area (Å²) < 4.78 is 21.4. The molecule has 2 aromatic carbocycles. The molecular weight excluding hydrogens is 305 g/mol. The number of hydrogen-bond acceptors (Lipinski definition) is 3. The standard InChI is InChI=1S/C19H16FN3O/c1-12-10-16(8-9-17(12)24-3)23-18(20)13(2)22-19(23)15-6-4-14(11-21)5-7-15/h4-10H,1-3H3. The molecule has 0 atom stereocenters. The van der Waals surface area contributed by atoms with Crippen molar-refractivity contribution >= 4 is 0 Å². The predicted molar refractivity (Wildman–Crippen MR) is 89.7 cm³/mol. The number of aryl methyl sites for hydroxylation is 2. The van der Waals surface area contributed by atoms with E-state index in [2.05, 4.69) is 11.1 Å². The van der Waals surface area contributed by atoms with Crippen LogP contribution in [0.5, 0.6) is 5.75 Å². The zero-order chi connectivity index (χ0) is 17.3. The number of benzene rings is 2. The first kappa shape index (κ1) is 15.8. The molecule has 4 nitrogen and oxygen atoms in total. The summed E-state index contributed by atoms with van der Waals surface area (Å²) in [5, 5.41) is 8.92. The average molecular weight is 321 g/mol. The molecule has 0 fully saturated rings. The summed E-state index contributed by atoms with van der Waals surface area (Å²) in [7, 11) is 1.60. The van der Waals surface area contributed by atoms with Gasteiger partial charge in [0.25, 0.3) is 0 Å². The van der Waals surface area contributed by atoms with E-state index >= 15 is 0 Å². The van der Waals surface area contributed by atoms with Gasteiger partial charge in [-0.1, -0.05) is 0 Å². The van der Waals surface area contributed by atoms with E-state index in [0.29, 0.717) is 22.8 Å². The fourth-order valence-corrected chi connectivity index (χ4v) is 2.63. The van der Waals surface area contributed by atoms with E-state index in [-0.39, 0.29) is 0 Å². The lowest BCUT2D eigenvalue weighted by Gasteiger charge is -2.11. The van der Waals surface area contributed by atoms with Crippen molar-refractivity contribution in [3.63, 3.8) is 0 Å². The van der Waals surface area contributed by atoms with E-state index < -0.39 is 5.95 Å². The van der Waals surface area contributed by atoms with Crippen molar-refractivity contribution in [3.05, 3.63) is 65.2 Å². The Kier molecular flexibility index (Phi) is 4.05. The van der Waals surface area contributed by atoms with Crippen LogP contribution in [0.3, 0.4) is 0 Å². The third kappa shape index (κ3) is 2.63. The van der Waals surface area contributed by atoms with Crippen LogP contribution in [0, 0.1) is 31.1 Å². The summed E-state index contributed by atoms with van der Waals surface area (Å²) >= 11 is 0. The van der Waals surface area contributed by atoms with Gasteiger partial charge >= 0.3 is 0 Å². The first-order chi connectivity index (χ1) is 11.5. The molecule has 24 heavy (non-hydrogen) atoms. The Morgan fingerprint density at radius 3 is 2.42 bits per heavy atom. The third-order valence-electron chi connectivity index (χ3n) is 3.89. The maximum absolute atomic E-state index is 14.7. The minimum absolute atomic E-state index is 0.322. The van der Waals surface area contributed by atoms with Gasteiger partial charge in [0, 0.05) is 5.56 Å². The van der Waals surface area contributed by atoms with Gasteiger partial charge in [0.15, 0.2) is 0 Å². The number of hydrogen-bond donors (Lipinski definition) is 0. The number of nitrogens with zero attached hydrogens (tertiary/aromatic N) is 3. The molecule has 5 heteroatoms. The molecule has 0 radical (unpaired) electrons. The average Bonchev–Trinajstić information content (AvgIpc) is 2.90. The summed E-state index contributed by atoms with van der Waals surface area (Å²) in [6, 6.07) is 14.5. The van der Waals surface area contributed by atoms with E-state index in [9.17, 15) is 4.39 Å². The van der Waals surface area contributed by atoms with E-state index in [4.69, 9.17) is 10.00 Å². The van der Waals surface area contributed by atoms with Crippen molar-refractivity contribution in [1.82, 2.24) is 9.55 Å². The maximum atomic E-state index is 14.7. The zero-order valence-corrected chi connectivity index (χ0v) is 13.7. The largest absolute Gasteiger partial charge is 0.496 e. The first-order valence-corrected chi connectivity index (χ1v) is 7.45. The summed E-state index contributed by atoms with van der Waals surface area (Å²) in [4.78, 5) is 4.36. The second-order valence-corrected chi connectivity index (χ2v) is 5.49. The topological polar surface area (TPSA) is 50.8 Å². The lowest BCUT2D eigenvalue weighted by molar-refractivity contribution is 0.411. The van der Waals surface area contributed by atoms with E-state index in [1.807, 2.05) is 19.1 Å². The molecular formula is C19H16FN3O. The van der Waals surface area contributed by atoms with Gasteiger partial charge in [-0.15, -0.1) is 0 Å². The molecule has 0 saturated carbocycles. The Morgan fingerprint density at radius 1 is 1.12 bits per heavy atom. The molecule has 0 aliphatic carbocycles. The van der Waals surface area contributed by atoms with Crippen molar-refractivity contribution in [1.29, 1.82) is 5.26 Å². The number of nitriles is 1. The van der Waals surface area contributed by atoms with Crippen LogP contribution < -0.4 is 4.74 Å². The van der Waals surface area contributed by atoms with Gasteiger partial charge in [0.2, 0.25) is 5.95 Å². The van der Waals surface area contributed by atoms with Crippen LogP contribution in [0.15, 0.2) is 42.5 Å². The molecule has 0 aliphatic heterocycles. The molecule has 0 saturated heterocycles. The molecule has 1 heterocycles. The van der Waals surface area contributed by atoms with Crippen molar-refractivity contribution in [2.45, 2.75) is 13.8 Å². The fourth-order valence-electron chi connectivity index (χ4n) is 2.63. The lowest BCUT2D eigenvalue weighted by Crippen LogP contribution is -2.02. The molecule has 0 spiro atoms. The van der Waals surface area contributed by atoms with E-state index in [1.54, 1.807) is 44.4 Å². The van der Waals surface area contributed by atoms with Crippen molar-refractivity contribution < 1.29 is 9.13 Å². The number of halogens is 1. The van der Waals surface area contributed by atoms with Crippen LogP contribution in [0.25, 0.3) is 17.1 Å². The Bertz CT molecular complexity index is 936. The number of ether oxygens (including phenoxy) is 1. The number of imidazole rings is 1. The minimum Gasteiger partial charge on any atom is -0.496 e. The van der Waals surface area contributed by atoms with Gasteiger partial charge in [0.1, 0.15) is 11.6 Å². The monoisotopic (exact) mass is 321 g/mol. The van der Waals surface area contributed by atoms with Crippen LogP contribution in [0.1, 0.15) is 16.8 Å². The van der Waals surface area contributed by atoms with Crippen molar-refractivity contribution in [2.24, 2.45) is 0 Å². The first-order valence-electron chi connectivity index (χ1n) is 7.45.